The van der Waals surface area contributed by atoms with Crippen LogP contribution in [0.1, 0.15) is 6.42 Å². The van der Waals surface area contributed by atoms with Crippen LogP contribution < -0.4 is 15.4 Å². The summed E-state index contributed by atoms with van der Waals surface area (Å²) in [5.41, 5.74) is 0.759. The third-order valence-electron chi connectivity index (χ3n) is 3.49. The largest absolute Gasteiger partial charge is 0.455 e. The molecule has 2 N–H and O–H groups in total. The van der Waals surface area contributed by atoms with Crippen LogP contribution in [0.5, 0.6) is 11.5 Å². The Morgan fingerprint density at radius 3 is 2.65 bits per heavy atom. The second kappa shape index (κ2) is 9.33. The van der Waals surface area contributed by atoms with Gasteiger partial charge in [0.15, 0.2) is 11.6 Å². The van der Waals surface area contributed by atoms with Gasteiger partial charge in [-0.1, -0.05) is 30.3 Å². The zero-order valence-electron chi connectivity index (χ0n) is 14.6. The van der Waals surface area contributed by atoms with Crippen LogP contribution in [0, 0.1) is 0 Å². The van der Waals surface area contributed by atoms with E-state index >= 15 is 0 Å². The maximum Gasteiger partial charge on any atom is 0.249 e. The third kappa shape index (κ3) is 5.15. The Kier molecular flexibility index (Phi) is 6.33. The summed E-state index contributed by atoms with van der Waals surface area (Å²) < 4.78 is 11.0. The van der Waals surface area contributed by atoms with Crippen LogP contribution in [-0.4, -0.2) is 35.4 Å². The van der Waals surface area contributed by atoms with Gasteiger partial charge in [0.1, 0.15) is 5.75 Å². The number of nitrogens with one attached hydrogen (secondary N) is 2. The number of para-hydroxylation sites is 3. The van der Waals surface area contributed by atoms with E-state index in [0.717, 1.165) is 24.4 Å². The first-order chi connectivity index (χ1) is 12.8. The van der Waals surface area contributed by atoms with Gasteiger partial charge >= 0.3 is 0 Å². The molecular weight excluding hydrogens is 330 g/mol. The monoisotopic (exact) mass is 351 g/mol. The Morgan fingerprint density at radius 2 is 1.81 bits per heavy atom. The molecule has 26 heavy (non-hydrogen) atoms. The number of nitrogens with zero attached hydrogens (tertiary/aromatic N) is 3. The molecule has 3 rings (SSSR count). The minimum atomic E-state index is 0.394. The van der Waals surface area contributed by atoms with Crippen LogP contribution in [0.2, 0.25) is 0 Å². The molecule has 0 atom stereocenters. The van der Waals surface area contributed by atoms with Gasteiger partial charge < -0.3 is 20.1 Å². The van der Waals surface area contributed by atoms with Crippen molar-refractivity contribution in [3.63, 3.8) is 0 Å². The molecule has 0 unspecified atom stereocenters. The molecule has 7 heteroatoms. The van der Waals surface area contributed by atoms with Crippen molar-refractivity contribution in [2.45, 2.75) is 6.42 Å². The summed E-state index contributed by atoms with van der Waals surface area (Å²) in [5.74, 6) is 2.49. The number of anilines is 3. The molecule has 0 radical (unpaired) electrons. The van der Waals surface area contributed by atoms with Crippen LogP contribution in [0.3, 0.4) is 0 Å². The number of hydrogen-bond donors (Lipinski definition) is 2. The van der Waals surface area contributed by atoms with Crippen molar-refractivity contribution >= 4 is 17.5 Å². The van der Waals surface area contributed by atoms with E-state index in [2.05, 4.69) is 25.8 Å². The van der Waals surface area contributed by atoms with Gasteiger partial charge in [0, 0.05) is 20.3 Å². The van der Waals surface area contributed by atoms with Gasteiger partial charge in [-0.15, -0.1) is 5.10 Å². The van der Waals surface area contributed by atoms with E-state index in [-0.39, 0.29) is 0 Å². The molecule has 0 saturated heterocycles. The van der Waals surface area contributed by atoms with Crippen LogP contribution in [-0.2, 0) is 4.74 Å². The highest BCUT2D eigenvalue weighted by molar-refractivity contribution is 5.63. The minimum absolute atomic E-state index is 0.394. The zero-order chi connectivity index (χ0) is 18.0. The zero-order valence-corrected chi connectivity index (χ0v) is 14.6. The molecule has 2 aromatic carbocycles. The number of ether oxygens (including phenoxy) is 2. The second-order valence-corrected chi connectivity index (χ2v) is 5.47. The van der Waals surface area contributed by atoms with E-state index < -0.39 is 0 Å². The third-order valence-corrected chi connectivity index (χ3v) is 3.49. The summed E-state index contributed by atoms with van der Waals surface area (Å²) in [7, 11) is 1.68. The number of benzene rings is 2. The Balaban J connectivity index is 1.69. The average Bonchev–Trinajstić information content (AvgIpc) is 2.68. The van der Waals surface area contributed by atoms with Gasteiger partial charge in [0.05, 0.1) is 11.9 Å². The fourth-order valence-corrected chi connectivity index (χ4v) is 2.27. The van der Waals surface area contributed by atoms with Crippen LogP contribution in [0.4, 0.5) is 17.5 Å². The smallest absolute Gasteiger partial charge is 0.249 e. The Hall–Kier alpha value is -3.19. The number of hydrogen-bond acceptors (Lipinski definition) is 7. The quantitative estimate of drug-likeness (QED) is 0.567. The maximum atomic E-state index is 5.94. The molecule has 0 aliphatic rings. The van der Waals surface area contributed by atoms with E-state index in [1.54, 1.807) is 13.3 Å². The van der Waals surface area contributed by atoms with E-state index in [4.69, 9.17) is 9.47 Å². The van der Waals surface area contributed by atoms with Crippen molar-refractivity contribution in [2.75, 3.05) is 30.9 Å². The molecule has 0 saturated carbocycles. The van der Waals surface area contributed by atoms with Gasteiger partial charge in [-0.3, -0.25) is 0 Å². The highest BCUT2D eigenvalue weighted by Crippen LogP contribution is 2.30. The Bertz CT molecular complexity index is 814. The van der Waals surface area contributed by atoms with Crippen molar-refractivity contribution < 1.29 is 9.47 Å². The fraction of sp³-hybridized carbons (Fsp3) is 0.211. The van der Waals surface area contributed by atoms with Gasteiger partial charge in [0.25, 0.3) is 0 Å². The average molecular weight is 351 g/mol. The van der Waals surface area contributed by atoms with E-state index in [0.29, 0.717) is 24.1 Å². The second-order valence-electron chi connectivity index (χ2n) is 5.47. The molecule has 1 heterocycles. The van der Waals surface area contributed by atoms with Crippen molar-refractivity contribution in [3.05, 3.63) is 60.8 Å². The first kappa shape index (κ1) is 17.6. The molecule has 0 fully saturated rings. The summed E-state index contributed by atoms with van der Waals surface area (Å²) in [5, 5.41) is 14.4. The molecule has 0 bridgehead atoms. The molecule has 0 amide bonds. The predicted octanol–water partition coefficient (Wildman–Crippen LogP) is 3.86. The molecule has 0 spiro atoms. The fourth-order valence-electron chi connectivity index (χ4n) is 2.27. The lowest BCUT2D eigenvalue weighted by Gasteiger charge is -2.12. The van der Waals surface area contributed by atoms with Crippen molar-refractivity contribution in [1.29, 1.82) is 0 Å². The molecule has 0 aliphatic heterocycles. The SMILES string of the molecule is COCCCNc1cnnc(Nc2ccccc2Oc2ccccc2)n1. The standard InChI is InChI=1S/C19H21N5O2/c1-25-13-7-12-20-18-14-21-24-19(23-18)22-16-10-5-6-11-17(16)26-15-8-3-2-4-9-15/h2-6,8-11,14H,7,12-13H2,1H3,(H2,20,22,23,24). The summed E-state index contributed by atoms with van der Waals surface area (Å²) >= 11 is 0. The Morgan fingerprint density at radius 1 is 1.00 bits per heavy atom. The van der Waals surface area contributed by atoms with Crippen molar-refractivity contribution in [2.24, 2.45) is 0 Å². The first-order valence-electron chi connectivity index (χ1n) is 8.36. The van der Waals surface area contributed by atoms with Gasteiger partial charge in [-0.2, -0.15) is 10.1 Å². The predicted molar refractivity (Wildman–Crippen MR) is 101 cm³/mol. The highest BCUT2D eigenvalue weighted by Gasteiger charge is 2.07. The highest BCUT2D eigenvalue weighted by atomic mass is 16.5. The van der Waals surface area contributed by atoms with Crippen molar-refractivity contribution in [3.8, 4) is 11.5 Å². The van der Waals surface area contributed by atoms with E-state index in [1.165, 1.54) is 0 Å². The molecule has 0 aliphatic carbocycles. The summed E-state index contributed by atoms with van der Waals surface area (Å²) in [6.45, 7) is 1.44. The normalized spacial score (nSPS) is 10.3. The summed E-state index contributed by atoms with van der Waals surface area (Å²) in [6, 6.07) is 17.2. The van der Waals surface area contributed by atoms with Crippen LogP contribution in [0.15, 0.2) is 60.8 Å². The summed E-state index contributed by atoms with van der Waals surface area (Å²) in [6.07, 6.45) is 2.47. The van der Waals surface area contributed by atoms with Gasteiger partial charge in [0.2, 0.25) is 5.95 Å². The number of rotatable bonds is 9. The van der Waals surface area contributed by atoms with Gasteiger partial charge in [-0.25, -0.2) is 0 Å². The van der Waals surface area contributed by atoms with Crippen LogP contribution >= 0.6 is 0 Å². The molecule has 3 aromatic rings. The molecular formula is C19H21N5O2. The summed E-state index contributed by atoms with van der Waals surface area (Å²) in [4.78, 5) is 4.42. The molecule has 1 aromatic heterocycles. The lowest BCUT2D eigenvalue weighted by Crippen LogP contribution is -2.08. The molecule has 134 valence electrons. The number of aromatic nitrogens is 3. The van der Waals surface area contributed by atoms with Crippen LogP contribution in [0.25, 0.3) is 0 Å². The topological polar surface area (TPSA) is 81.2 Å². The van der Waals surface area contributed by atoms with E-state index in [9.17, 15) is 0 Å². The first-order valence-corrected chi connectivity index (χ1v) is 8.36. The maximum absolute atomic E-state index is 5.94. The lowest BCUT2D eigenvalue weighted by molar-refractivity contribution is 0.197. The minimum Gasteiger partial charge on any atom is -0.455 e. The molecule has 7 nitrogen and oxygen atoms in total. The van der Waals surface area contributed by atoms with E-state index in [1.807, 2.05) is 54.6 Å². The number of methoxy groups -OCH3 is 1. The van der Waals surface area contributed by atoms with Crippen molar-refractivity contribution in [1.82, 2.24) is 15.2 Å². The van der Waals surface area contributed by atoms with Gasteiger partial charge in [-0.05, 0) is 30.7 Å². The lowest BCUT2D eigenvalue weighted by atomic mass is 10.3. The Labute approximate surface area is 152 Å².